The van der Waals surface area contributed by atoms with Crippen molar-refractivity contribution in [1.82, 2.24) is 10.2 Å². The smallest absolute Gasteiger partial charge is 0.319 e. The third-order valence-electron chi connectivity index (χ3n) is 4.44. The number of likely N-dealkylation sites (tertiary alicyclic amines) is 1. The van der Waals surface area contributed by atoms with Crippen LogP contribution in [0.1, 0.15) is 17.5 Å². The van der Waals surface area contributed by atoms with Crippen LogP contribution in [0.15, 0.2) is 48.5 Å². The van der Waals surface area contributed by atoms with E-state index in [1.807, 2.05) is 31.2 Å². The minimum atomic E-state index is -0.289. The molecule has 6 heteroatoms. The van der Waals surface area contributed by atoms with E-state index in [0.29, 0.717) is 26.1 Å². The van der Waals surface area contributed by atoms with Crippen molar-refractivity contribution in [2.45, 2.75) is 19.9 Å². The lowest BCUT2D eigenvalue weighted by Crippen LogP contribution is -2.34. The van der Waals surface area contributed by atoms with Gasteiger partial charge in [0, 0.05) is 37.7 Å². The van der Waals surface area contributed by atoms with Crippen molar-refractivity contribution in [2.75, 3.05) is 18.4 Å². The lowest BCUT2D eigenvalue weighted by Gasteiger charge is -2.17. The Kier molecular flexibility index (Phi) is 5.51. The second-order valence-corrected chi connectivity index (χ2v) is 6.67. The number of rotatable bonds is 5. The van der Waals surface area contributed by atoms with Crippen LogP contribution in [0, 0.1) is 18.7 Å². The third-order valence-corrected chi connectivity index (χ3v) is 4.44. The molecule has 2 aromatic carbocycles. The van der Waals surface area contributed by atoms with Gasteiger partial charge in [0.05, 0.1) is 0 Å². The quantitative estimate of drug-likeness (QED) is 0.864. The summed E-state index contributed by atoms with van der Waals surface area (Å²) >= 11 is 0. The molecule has 3 rings (SSSR count). The predicted octanol–water partition coefficient (Wildman–Crippen LogP) is 3.30. The van der Waals surface area contributed by atoms with Crippen molar-refractivity contribution < 1.29 is 14.0 Å². The van der Waals surface area contributed by atoms with Crippen LogP contribution < -0.4 is 10.6 Å². The van der Waals surface area contributed by atoms with Crippen LogP contribution in [0.25, 0.3) is 0 Å². The first-order valence-corrected chi connectivity index (χ1v) is 8.63. The van der Waals surface area contributed by atoms with E-state index in [2.05, 4.69) is 10.6 Å². The fourth-order valence-electron chi connectivity index (χ4n) is 3.00. The molecule has 26 heavy (non-hydrogen) atoms. The number of carbonyl (C=O) groups is 2. The molecule has 1 atom stereocenters. The van der Waals surface area contributed by atoms with Gasteiger partial charge in [-0.3, -0.25) is 4.79 Å². The highest BCUT2D eigenvalue weighted by atomic mass is 19.1. The van der Waals surface area contributed by atoms with Crippen molar-refractivity contribution in [2.24, 2.45) is 5.92 Å². The van der Waals surface area contributed by atoms with E-state index in [1.54, 1.807) is 17.0 Å². The van der Waals surface area contributed by atoms with Gasteiger partial charge in [0.15, 0.2) is 0 Å². The van der Waals surface area contributed by atoms with Crippen LogP contribution in [0.2, 0.25) is 0 Å². The molecule has 1 aliphatic rings. The predicted molar refractivity (Wildman–Crippen MR) is 98.1 cm³/mol. The van der Waals surface area contributed by atoms with Crippen molar-refractivity contribution in [3.8, 4) is 0 Å². The second-order valence-electron chi connectivity index (χ2n) is 6.67. The second kappa shape index (κ2) is 7.99. The van der Waals surface area contributed by atoms with Crippen LogP contribution in [-0.2, 0) is 11.3 Å². The zero-order valence-corrected chi connectivity index (χ0v) is 14.7. The molecule has 0 radical (unpaired) electrons. The first-order valence-electron chi connectivity index (χ1n) is 8.63. The summed E-state index contributed by atoms with van der Waals surface area (Å²) < 4.78 is 13.0. The number of hydrogen-bond donors (Lipinski definition) is 2. The summed E-state index contributed by atoms with van der Waals surface area (Å²) in [6.45, 7) is 3.47. The lowest BCUT2D eigenvalue weighted by molar-refractivity contribution is -0.128. The molecule has 3 amide bonds. The van der Waals surface area contributed by atoms with Gasteiger partial charge in [0.1, 0.15) is 5.82 Å². The van der Waals surface area contributed by atoms with Crippen LogP contribution >= 0.6 is 0 Å². The average Bonchev–Trinajstić information content (AvgIpc) is 2.97. The molecule has 1 fully saturated rings. The Morgan fingerprint density at radius 2 is 1.85 bits per heavy atom. The minimum Gasteiger partial charge on any atom is -0.338 e. The molecule has 1 saturated heterocycles. The minimum absolute atomic E-state index is 0.0556. The van der Waals surface area contributed by atoms with Gasteiger partial charge in [-0.1, -0.05) is 29.8 Å². The van der Waals surface area contributed by atoms with Gasteiger partial charge in [-0.05, 0) is 36.8 Å². The van der Waals surface area contributed by atoms with Gasteiger partial charge in [0.2, 0.25) is 5.91 Å². The van der Waals surface area contributed by atoms with Crippen molar-refractivity contribution in [1.29, 1.82) is 0 Å². The SMILES string of the molecule is Cc1ccc(NC(=O)NC[C@@H]2CC(=O)N(Cc3ccc(F)cc3)C2)cc1. The van der Waals surface area contributed by atoms with Crippen molar-refractivity contribution >= 4 is 17.6 Å². The van der Waals surface area contributed by atoms with Crippen LogP contribution in [0.4, 0.5) is 14.9 Å². The lowest BCUT2D eigenvalue weighted by atomic mass is 10.1. The standard InChI is InChI=1S/C20H22FN3O2/c1-14-2-8-18(9-3-14)23-20(26)22-11-16-10-19(25)24(13-16)12-15-4-6-17(21)7-5-15/h2-9,16H,10-13H2,1H3,(H2,22,23,26)/t16-/m0/s1. The molecule has 0 unspecified atom stereocenters. The molecular weight excluding hydrogens is 333 g/mol. The van der Waals surface area contributed by atoms with Crippen LogP contribution in [-0.4, -0.2) is 29.9 Å². The Hall–Kier alpha value is -2.89. The van der Waals surface area contributed by atoms with E-state index in [1.165, 1.54) is 12.1 Å². The average molecular weight is 355 g/mol. The molecule has 2 aromatic rings. The third kappa shape index (κ3) is 4.81. The Balaban J connectivity index is 1.45. The van der Waals surface area contributed by atoms with E-state index < -0.39 is 0 Å². The fraction of sp³-hybridized carbons (Fsp3) is 0.300. The number of halogens is 1. The molecule has 0 aromatic heterocycles. The molecule has 5 nitrogen and oxygen atoms in total. The summed E-state index contributed by atoms with van der Waals surface area (Å²) in [5.41, 5.74) is 2.75. The number of carbonyl (C=O) groups excluding carboxylic acids is 2. The molecule has 136 valence electrons. The molecule has 2 N–H and O–H groups in total. The number of nitrogens with one attached hydrogen (secondary N) is 2. The number of benzene rings is 2. The fourth-order valence-corrected chi connectivity index (χ4v) is 3.00. The summed E-state index contributed by atoms with van der Waals surface area (Å²) in [4.78, 5) is 25.9. The van der Waals surface area contributed by atoms with Gasteiger partial charge in [-0.25, -0.2) is 9.18 Å². The molecule has 0 saturated carbocycles. The van der Waals surface area contributed by atoms with Gasteiger partial charge in [0.25, 0.3) is 0 Å². The summed E-state index contributed by atoms with van der Waals surface area (Å²) in [7, 11) is 0. The molecule has 1 heterocycles. The molecule has 0 aliphatic carbocycles. The summed E-state index contributed by atoms with van der Waals surface area (Å²) in [5, 5.41) is 5.60. The first kappa shape index (κ1) is 17.9. The van der Waals surface area contributed by atoms with Crippen molar-refractivity contribution in [3.63, 3.8) is 0 Å². The largest absolute Gasteiger partial charge is 0.338 e. The Morgan fingerprint density at radius 1 is 1.15 bits per heavy atom. The van der Waals surface area contributed by atoms with Crippen LogP contribution in [0.3, 0.4) is 0 Å². The van der Waals surface area contributed by atoms with Gasteiger partial charge < -0.3 is 15.5 Å². The Morgan fingerprint density at radius 3 is 2.54 bits per heavy atom. The number of nitrogens with zero attached hydrogens (tertiary/aromatic N) is 1. The maximum atomic E-state index is 13.0. The summed E-state index contributed by atoms with van der Waals surface area (Å²) in [6.07, 6.45) is 0.409. The number of anilines is 1. The highest BCUT2D eigenvalue weighted by Crippen LogP contribution is 2.20. The Bertz CT molecular complexity index is 775. The van der Waals surface area contributed by atoms with Crippen LogP contribution in [0.5, 0.6) is 0 Å². The van der Waals surface area contributed by atoms with Gasteiger partial charge >= 0.3 is 6.03 Å². The van der Waals surface area contributed by atoms with E-state index in [0.717, 1.165) is 16.8 Å². The van der Waals surface area contributed by atoms with E-state index >= 15 is 0 Å². The zero-order chi connectivity index (χ0) is 18.5. The topological polar surface area (TPSA) is 61.4 Å². The van der Waals surface area contributed by atoms with Gasteiger partial charge in [-0.15, -0.1) is 0 Å². The number of aryl methyl sites for hydroxylation is 1. The molecular formula is C20H22FN3O2. The van der Waals surface area contributed by atoms with Crippen molar-refractivity contribution in [3.05, 3.63) is 65.5 Å². The maximum absolute atomic E-state index is 13.0. The summed E-state index contributed by atoms with van der Waals surface area (Å²) in [6, 6.07) is 13.4. The molecule has 0 spiro atoms. The summed E-state index contributed by atoms with van der Waals surface area (Å²) in [5.74, 6) is -0.157. The number of amides is 3. The van der Waals surface area contributed by atoms with Gasteiger partial charge in [-0.2, -0.15) is 0 Å². The molecule has 0 bridgehead atoms. The monoisotopic (exact) mass is 355 g/mol. The highest BCUT2D eigenvalue weighted by molar-refractivity contribution is 5.89. The van der Waals surface area contributed by atoms with E-state index in [-0.39, 0.29) is 23.7 Å². The Labute approximate surface area is 152 Å². The number of urea groups is 1. The number of hydrogen-bond acceptors (Lipinski definition) is 2. The normalized spacial score (nSPS) is 16.6. The van der Waals surface area contributed by atoms with E-state index in [4.69, 9.17) is 0 Å². The molecule has 1 aliphatic heterocycles. The van der Waals surface area contributed by atoms with E-state index in [9.17, 15) is 14.0 Å². The highest BCUT2D eigenvalue weighted by Gasteiger charge is 2.29. The zero-order valence-electron chi connectivity index (χ0n) is 14.7. The maximum Gasteiger partial charge on any atom is 0.319 e. The first-order chi connectivity index (χ1) is 12.5.